The zero-order valence-electron chi connectivity index (χ0n) is 20.2. The molecule has 2 aliphatic rings. The molecule has 0 bridgehead atoms. The van der Waals surface area contributed by atoms with Gasteiger partial charge < -0.3 is 10.0 Å². The number of hydrogen-bond acceptors (Lipinski definition) is 6. The van der Waals surface area contributed by atoms with Crippen LogP contribution in [0, 0.1) is 5.82 Å². The predicted octanol–water partition coefficient (Wildman–Crippen LogP) is 3.15. The van der Waals surface area contributed by atoms with Crippen LogP contribution in [0.15, 0.2) is 53.4 Å². The molecular formula is C25H30FN3O5S2. The van der Waals surface area contributed by atoms with Gasteiger partial charge in [0.05, 0.1) is 21.7 Å². The molecule has 2 aromatic rings. The topological polar surface area (TPSA) is 107 Å². The number of carboxylic acid groups (broad SMARTS) is 1. The summed E-state index contributed by atoms with van der Waals surface area (Å²) in [7, 11) is -4.05. The first-order valence-corrected chi connectivity index (χ1v) is 14.5. The maximum Gasteiger partial charge on any atom is 0.337 e. The van der Waals surface area contributed by atoms with E-state index >= 15 is 0 Å². The van der Waals surface area contributed by atoms with Gasteiger partial charge in [-0.1, -0.05) is 24.3 Å². The number of halogens is 1. The molecule has 0 radical (unpaired) electrons. The average molecular weight is 536 g/mol. The van der Waals surface area contributed by atoms with Gasteiger partial charge in [-0.15, -0.1) is 0 Å². The third-order valence-corrected chi connectivity index (χ3v) is 9.66. The second-order valence-electron chi connectivity index (χ2n) is 9.45. The van der Waals surface area contributed by atoms with Crippen molar-refractivity contribution < 1.29 is 27.5 Å². The molecule has 2 aromatic carbocycles. The summed E-state index contributed by atoms with van der Waals surface area (Å²) in [5.41, 5.74) is -1.06. The van der Waals surface area contributed by atoms with E-state index in [0.29, 0.717) is 19.3 Å². The number of carboxylic acids is 1. The molecule has 194 valence electrons. The fourth-order valence-electron chi connectivity index (χ4n) is 5.10. The highest BCUT2D eigenvalue weighted by Gasteiger charge is 2.57. The Balaban J connectivity index is 1.61. The third-order valence-electron chi connectivity index (χ3n) is 7.09. The molecule has 0 saturated carbocycles. The van der Waals surface area contributed by atoms with Crippen molar-refractivity contribution in [3.05, 3.63) is 65.5 Å². The van der Waals surface area contributed by atoms with Crippen LogP contribution in [0.3, 0.4) is 0 Å². The van der Waals surface area contributed by atoms with Gasteiger partial charge in [-0.2, -0.15) is 16.1 Å². The molecule has 2 N–H and O–H groups in total. The molecule has 0 aliphatic carbocycles. The number of amides is 1. The van der Waals surface area contributed by atoms with Gasteiger partial charge in [-0.25, -0.2) is 17.6 Å². The molecule has 11 heteroatoms. The number of carbonyl (C=O) groups excluding carboxylic acids is 1. The largest absolute Gasteiger partial charge is 0.478 e. The van der Waals surface area contributed by atoms with Crippen LogP contribution in [0.4, 0.5) is 4.39 Å². The highest BCUT2D eigenvalue weighted by molar-refractivity contribution is 7.98. The van der Waals surface area contributed by atoms with E-state index in [1.165, 1.54) is 40.7 Å². The Hall–Kier alpha value is -2.47. The number of benzene rings is 2. The molecule has 1 spiro atoms. The van der Waals surface area contributed by atoms with Crippen LogP contribution in [0.2, 0.25) is 0 Å². The van der Waals surface area contributed by atoms with Gasteiger partial charge in [0, 0.05) is 19.6 Å². The van der Waals surface area contributed by atoms with Crippen LogP contribution in [0.25, 0.3) is 0 Å². The summed E-state index contributed by atoms with van der Waals surface area (Å²) < 4.78 is 41.5. The maximum atomic E-state index is 13.7. The van der Waals surface area contributed by atoms with Crippen molar-refractivity contribution in [1.82, 2.24) is 14.5 Å². The Kier molecular flexibility index (Phi) is 7.47. The normalized spacial score (nSPS) is 22.3. The molecule has 2 aliphatic heterocycles. The van der Waals surface area contributed by atoms with Crippen molar-refractivity contribution in [1.29, 1.82) is 0 Å². The fraction of sp³-hybridized carbons (Fsp3) is 0.440. The van der Waals surface area contributed by atoms with Crippen LogP contribution in [-0.2, 0) is 21.4 Å². The summed E-state index contributed by atoms with van der Waals surface area (Å²) in [4.78, 5) is 26.8. The average Bonchev–Trinajstić information content (AvgIpc) is 3.05. The standard InChI is InChI=1S/C25H30FN3O5S2/c1-24(13-16-35-2)23(32)29(17-18-7-9-19(26)10-8-18)25(27-24)11-14-28(15-12-25)36(33,34)21-6-4-3-5-20(21)22(30)31/h3-10,27H,11-17H2,1-2H3,(H,30,31). The summed E-state index contributed by atoms with van der Waals surface area (Å²) >= 11 is 1.65. The van der Waals surface area contributed by atoms with Crippen molar-refractivity contribution in [2.45, 2.75) is 48.8 Å². The van der Waals surface area contributed by atoms with Crippen molar-refractivity contribution >= 4 is 33.7 Å². The maximum absolute atomic E-state index is 13.7. The number of thioether (sulfide) groups is 1. The van der Waals surface area contributed by atoms with E-state index in [9.17, 15) is 27.5 Å². The Bertz CT molecular complexity index is 1250. The smallest absolute Gasteiger partial charge is 0.337 e. The number of carbonyl (C=O) groups is 2. The number of piperidine rings is 1. The first-order valence-electron chi connectivity index (χ1n) is 11.7. The van der Waals surface area contributed by atoms with E-state index in [0.717, 1.165) is 11.3 Å². The van der Waals surface area contributed by atoms with Crippen molar-refractivity contribution in [2.75, 3.05) is 25.1 Å². The summed E-state index contributed by atoms with van der Waals surface area (Å²) in [6, 6.07) is 11.6. The molecule has 2 saturated heterocycles. The van der Waals surface area contributed by atoms with Crippen LogP contribution in [0.5, 0.6) is 0 Å². The molecular weight excluding hydrogens is 505 g/mol. The first kappa shape index (κ1) is 26.6. The van der Waals surface area contributed by atoms with Gasteiger partial charge >= 0.3 is 5.97 Å². The number of nitrogens with zero attached hydrogens (tertiary/aromatic N) is 2. The Labute approximate surface area is 214 Å². The minimum atomic E-state index is -4.05. The predicted molar refractivity (Wildman–Crippen MR) is 136 cm³/mol. The van der Waals surface area contributed by atoms with Crippen molar-refractivity contribution in [3.8, 4) is 0 Å². The number of hydrogen-bond donors (Lipinski definition) is 2. The number of rotatable bonds is 8. The third kappa shape index (κ3) is 4.89. The lowest BCUT2D eigenvalue weighted by Crippen LogP contribution is -2.60. The van der Waals surface area contributed by atoms with Crippen LogP contribution < -0.4 is 5.32 Å². The molecule has 0 aromatic heterocycles. The van der Waals surface area contributed by atoms with Gasteiger partial charge in [0.25, 0.3) is 0 Å². The zero-order valence-corrected chi connectivity index (χ0v) is 21.9. The minimum absolute atomic E-state index is 0.0617. The second kappa shape index (κ2) is 10.1. The lowest BCUT2D eigenvalue weighted by molar-refractivity contribution is -0.136. The van der Waals surface area contributed by atoms with Gasteiger partial charge in [-0.3, -0.25) is 10.1 Å². The number of sulfonamides is 1. The van der Waals surface area contributed by atoms with Crippen LogP contribution >= 0.6 is 11.8 Å². The Morgan fingerprint density at radius 3 is 2.39 bits per heavy atom. The van der Waals surface area contributed by atoms with Crippen LogP contribution in [0.1, 0.15) is 42.1 Å². The van der Waals surface area contributed by atoms with Crippen LogP contribution in [-0.4, -0.2) is 70.9 Å². The molecule has 8 nitrogen and oxygen atoms in total. The van der Waals surface area contributed by atoms with E-state index in [-0.39, 0.29) is 41.8 Å². The summed E-state index contributed by atoms with van der Waals surface area (Å²) in [6.45, 7) is 2.39. The number of aromatic carboxylic acids is 1. The highest BCUT2D eigenvalue weighted by Crippen LogP contribution is 2.40. The first-order chi connectivity index (χ1) is 17.0. The molecule has 2 fully saturated rings. The summed E-state index contributed by atoms with van der Waals surface area (Å²) in [5.74, 6) is -0.944. The number of nitrogens with one attached hydrogen (secondary N) is 1. The Morgan fingerprint density at radius 2 is 1.78 bits per heavy atom. The molecule has 1 amide bonds. The van der Waals surface area contributed by atoms with E-state index in [2.05, 4.69) is 5.32 Å². The van der Waals surface area contributed by atoms with E-state index in [1.807, 2.05) is 13.2 Å². The minimum Gasteiger partial charge on any atom is -0.478 e. The van der Waals surface area contributed by atoms with Gasteiger partial charge in [0.15, 0.2) is 0 Å². The molecule has 1 unspecified atom stereocenters. The van der Waals surface area contributed by atoms with Crippen molar-refractivity contribution in [2.24, 2.45) is 0 Å². The molecule has 1 atom stereocenters. The summed E-state index contributed by atoms with van der Waals surface area (Å²) in [6.07, 6.45) is 3.27. The lowest BCUT2D eigenvalue weighted by Gasteiger charge is -2.44. The SMILES string of the molecule is CSCCC1(C)NC2(CCN(S(=O)(=O)c3ccccc3C(=O)O)CC2)N(Cc2ccc(F)cc2)C1=O. The lowest BCUT2D eigenvalue weighted by atomic mass is 9.95. The monoisotopic (exact) mass is 535 g/mol. The zero-order chi connectivity index (χ0) is 26.1. The second-order valence-corrected chi connectivity index (χ2v) is 12.3. The van der Waals surface area contributed by atoms with E-state index in [1.54, 1.807) is 28.8 Å². The van der Waals surface area contributed by atoms with E-state index < -0.39 is 27.2 Å². The van der Waals surface area contributed by atoms with Gasteiger partial charge in [0.2, 0.25) is 15.9 Å². The van der Waals surface area contributed by atoms with Crippen molar-refractivity contribution in [3.63, 3.8) is 0 Å². The quantitative estimate of drug-likeness (QED) is 0.535. The molecule has 36 heavy (non-hydrogen) atoms. The fourth-order valence-corrected chi connectivity index (χ4v) is 7.33. The summed E-state index contributed by atoms with van der Waals surface area (Å²) in [5, 5.41) is 13.0. The Morgan fingerprint density at radius 1 is 1.14 bits per heavy atom. The molecule has 4 rings (SSSR count). The van der Waals surface area contributed by atoms with Gasteiger partial charge in [0.1, 0.15) is 5.82 Å². The van der Waals surface area contributed by atoms with E-state index in [4.69, 9.17) is 0 Å². The molecule has 2 heterocycles. The highest BCUT2D eigenvalue weighted by atomic mass is 32.2. The van der Waals surface area contributed by atoms with Gasteiger partial charge in [-0.05, 0) is 68.0 Å².